The highest BCUT2D eigenvalue weighted by Gasteiger charge is 2.23. The van der Waals surface area contributed by atoms with Gasteiger partial charge < -0.3 is 10.2 Å². The Bertz CT molecular complexity index is 669. The summed E-state index contributed by atoms with van der Waals surface area (Å²) in [4.78, 5) is 11.0. The average molecular weight is 284 g/mol. The summed E-state index contributed by atoms with van der Waals surface area (Å²) in [5.41, 5.74) is 3.01. The van der Waals surface area contributed by atoms with E-state index in [1.54, 1.807) is 18.5 Å². The molecule has 0 bridgehead atoms. The topological polar surface area (TPSA) is 41.1 Å². The van der Waals surface area contributed by atoms with Crippen molar-refractivity contribution in [3.05, 3.63) is 47.7 Å². The first kappa shape index (κ1) is 12.7. The molecule has 1 aromatic carbocycles. The Morgan fingerprint density at radius 2 is 2.19 bits per heavy atom. The fourth-order valence-corrected chi connectivity index (χ4v) is 2.74. The average Bonchev–Trinajstić information content (AvgIpc) is 3.24. The number of halogens is 1. The Morgan fingerprint density at radius 3 is 3.05 bits per heavy atom. The van der Waals surface area contributed by atoms with E-state index >= 15 is 0 Å². The minimum Gasteiger partial charge on any atom is -0.324 e. The van der Waals surface area contributed by atoms with Crippen molar-refractivity contribution in [2.24, 2.45) is 0 Å². The van der Waals surface area contributed by atoms with Crippen molar-refractivity contribution in [2.45, 2.75) is 31.8 Å². The zero-order chi connectivity index (χ0) is 14.2. The predicted octanol–water partition coefficient (Wildman–Crippen LogP) is 2.56. The number of rotatable bonds is 4. The first-order valence-electron chi connectivity index (χ1n) is 7.40. The third kappa shape index (κ3) is 2.61. The molecule has 108 valence electrons. The third-order valence-corrected chi connectivity index (χ3v) is 4.04. The number of aromatic nitrogens is 2. The molecule has 0 saturated heterocycles. The molecule has 21 heavy (non-hydrogen) atoms. The van der Waals surface area contributed by atoms with E-state index in [1.807, 2.05) is 11.0 Å². The first-order chi connectivity index (χ1) is 10.3. The number of nitrogens with one attached hydrogen (secondary N) is 1. The molecule has 0 atom stereocenters. The van der Waals surface area contributed by atoms with E-state index < -0.39 is 0 Å². The van der Waals surface area contributed by atoms with E-state index in [2.05, 4.69) is 15.3 Å². The SMILES string of the molecule is Fc1ccc2c(c1)N(c1cncc(CNC3CC3)n1)CC2. The smallest absolute Gasteiger partial charge is 0.151 e. The van der Waals surface area contributed by atoms with Crippen LogP contribution in [0.1, 0.15) is 24.1 Å². The number of nitrogens with zero attached hydrogens (tertiary/aromatic N) is 3. The van der Waals surface area contributed by atoms with E-state index in [0.717, 1.165) is 36.7 Å². The molecule has 1 fully saturated rings. The highest BCUT2D eigenvalue weighted by Crippen LogP contribution is 2.33. The quantitative estimate of drug-likeness (QED) is 0.937. The fourth-order valence-electron chi connectivity index (χ4n) is 2.74. The summed E-state index contributed by atoms with van der Waals surface area (Å²) >= 11 is 0. The fraction of sp³-hybridized carbons (Fsp3) is 0.375. The maximum Gasteiger partial charge on any atom is 0.151 e. The maximum atomic E-state index is 13.5. The summed E-state index contributed by atoms with van der Waals surface area (Å²) in [5.74, 6) is 0.592. The predicted molar refractivity (Wildman–Crippen MR) is 79.0 cm³/mol. The summed E-state index contributed by atoms with van der Waals surface area (Å²) in [6.45, 7) is 1.57. The van der Waals surface area contributed by atoms with E-state index in [9.17, 15) is 4.39 Å². The third-order valence-electron chi connectivity index (χ3n) is 4.04. The summed E-state index contributed by atoms with van der Waals surface area (Å²) in [6, 6.07) is 5.61. The molecule has 2 heterocycles. The van der Waals surface area contributed by atoms with Gasteiger partial charge in [-0.15, -0.1) is 0 Å². The standard InChI is InChI=1S/C16H17FN4/c17-12-2-1-11-5-6-21(15(11)7-12)16-10-18-8-14(20-16)9-19-13-3-4-13/h1-2,7-8,10,13,19H,3-6,9H2. The number of fused-ring (bicyclic) bond motifs is 1. The largest absolute Gasteiger partial charge is 0.324 e. The normalized spacial score (nSPS) is 17.1. The van der Waals surface area contributed by atoms with E-state index in [0.29, 0.717) is 6.04 Å². The number of benzene rings is 1. The van der Waals surface area contributed by atoms with Gasteiger partial charge in [0.25, 0.3) is 0 Å². The molecule has 2 aromatic rings. The number of anilines is 2. The molecule has 0 amide bonds. The number of hydrogen-bond donors (Lipinski definition) is 1. The van der Waals surface area contributed by atoms with Crippen molar-refractivity contribution in [2.75, 3.05) is 11.4 Å². The molecule has 1 aromatic heterocycles. The first-order valence-corrected chi connectivity index (χ1v) is 7.40. The molecule has 5 heteroatoms. The molecule has 1 aliphatic heterocycles. The highest BCUT2D eigenvalue weighted by atomic mass is 19.1. The van der Waals surface area contributed by atoms with Gasteiger partial charge in [0.15, 0.2) is 5.82 Å². The van der Waals surface area contributed by atoms with Gasteiger partial charge in [-0.25, -0.2) is 9.37 Å². The van der Waals surface area contributed by atoms with Crippen LogP contribution >= 0.6 is 0 Å². The maximum absolute atomic E-state index is 13.5. The molecule has 1 aliphatic carbocycles. The molecule has 1 saturated carbocycles. The molecule has 0 radical (unpaired) electrons. The number of hydrogen-bond acceptors (Lipinski definition) is 4. The Balaban J connectivity index is 1.59. The second kappa shape index (κ2) is 5.07. The van der Waals surface area contributed by atoms with Crippen molar-refractivity contribution in [1.82, 2.24) is 15.3 Å². The van der Waals surface area contributed by atoms with Crippen LogP contribution in [-0.4, -0.2) is 22.6 Å². The van der Waals surface area contributed by atoms with Crippen LogP contribution in [0.25, 0.3) is 0 Å². The van der Waals surface area contributed by atoms with Crippen LogP contribution in [0.15, 0.2) is 30.6 Å². The van der Waals surface area contributed by atoms with Gasteiger partial charge in [-0.1, -0.05) is 6.07 Å². The molecule has 1 N–H and O–H groups in total. The van der Waals surface area contributed by atoms with Gasteiger partial charge >= 0.3 is 0 Å². The monoisotopic (exact) mass is 284 g/mol. The molecule has 2 aliphatic rings. The lowest BCUT2D eigenvalue weighted by atomic mass is 10.2. The Labute approximate surface area is 123 Å². The zero-order valence-corrected chi connectivity index (χ0v) is 11.7. The molecular formula is C16H17FN4. The van der Waals surface area contributed by atoms with Crippen LogP contribution in [0.4, 0.5) is 15.9 Å². The second-order valence-electron chi connectivity index (χ2n) is 5.70. The van der Waals surface area contributed by atoms with Crippen LogP contribution in [0.3, 0.4) is 0 Å². The lowest BCUT2D eigenvalue weighted by Crippen LogP contribution is -2.19. The minimum absolute atomic E-state index is 0.208. The lowest BCUT2D eigenvalue weighted by Gasteiger charge is -2.18. The van der Waals surface area contributed by atoms with Gasteiger partial charge in [0, 0.05) is 31.0 Å². The van der Waals surface area contributed by atoms with Crippen molar-refractivity contribution < 1.29 is 4.39 Å². The van der Waals surface area contributed by atoms with Crippen LogP contribution in [0.2, 0.25) is 0 Å². The summed E-state index contributed by atoms with van der Waals surface area (Å²) in [7, 11) is 0. The van der Waals surface area contributed by atoms with E-state index in [4.69, 9.17) is 0 Å². The summed E-state index contributed by atoms with van der Waals surface area (Å²) < 4.78 is 13.5. The second-order valence-corrected chi connectivity index (χ2v) is 5.70. The van der Waals surface area contributed by atoms with Gasteiger partial charge in [0.05, 0.1) is 11.9 Å². The molecule has 4 rings (SSSR count). The summed E-state index contributed by atoms with van der Waals surface area (Å²) in [6.07, 6.45) is 6.97. The molecular weight excluding hydrogens is 267 g/mol. The van der Waals surface area contributed by atoms with Gasteiger partial charge in [0.2, 0.25) is 0 Å². The van der Waals surface area contributed by atoms with Crippen molar-refractivity contribution in [3.63, 3.8) is 0 Å². The molecule has 0 spiro atoms. The van der Waals surface area contributed by atoms with Crippen LogP contribution < -0.4 is 10.2 Å². The van der Waals surface area contributed by atoms with Crippen LogP contribution in [0.5, 0.6) is 0 Å². The highest BCUT2D eigenvalue weighted by molar-refractivity contribution is 5.67. The van der Waals surface area contributed by atoms with Gasteiger partial charge in [-0.3, -0.25) is 4.98 Å². The Morgan fingerprint density at radius 1 is 1.29 bits per heavy atom. The minimum atomic E-state index is -0.208. The lowest BCUT2D eigenvalue weighted by molar-refractivity contribution is 0.628. The Hall–Kier alpha value is -2.01. The van der Waals surface area contributed by atoms with Crippen molar-refractivity contribution in [3.8, 4) is 0 Å². The Kier molecular flexibility index (Phi) is 3.07. The van der Waals surface area contributed by atoms with Crippen molar-refractivity contribution in [1.29, 1.82) is 0 Å². The van der Waals surface area contributed by atoms with Crippen molar-refractivity contribution >= 4 is 11.5 Å². The molecule has 4 nitrogen and oxygen atoms in total. The van der Waals surface area contributed by atoms with Gasteiger partial charge in [0.1, 0.15) is 5.82 Å². The van der Waals surface area contributed by atoms with Crippen LogP contribution in [0, 0.1) is 5.82 Å². The van der Waals surface area contributed by atoms with E-state index in [1.165, 1.54) is 24.5 Å². The zero-order valence-electron chi connectivity index (χ0n) is 11.7. The van der Waals surface area contributed by atoms with Gasteiger partial charge in [-0.2, -0.15) is 0 Å². The summed E-state index contributed by atoms with van der Waals surface area (Å²) in [5, 5.41) is 3.44. The molecule has 0 unspecified atom stereocenters. The van der Waals surface area contributed by atoms with Gasteiger partial charge in [-0.05, 0) is 37.0 Å². The van der Waals surface area contributed by atoms with E-state index in [-0.39, 0.29) is 5.82 Å². The van der Waals surface area contributed by atoms with Crippen LogP contribution in [-0.2, 0) is 13.0 Å².